The van der Waals surface area contributed by atoms with E-state index in [1.165, 1.54) is 0 Å². The summed E-state index contributed by atoms with van der Waals surface area (Å²) < 4.78 is 203. The van der Waals surface area contributed by atoms with Gasteiger partial charge in [0.25, 0.3) is 0 Å². The van der Waals surface area contributed by atoms with Gasteiger partial charge in [0.15, 0.2) is 0 Å². The molecule has 0 amide bonds. The first-order chi connectivity index (χ1) is 13.1. The molecule has 0 unspecified atom stereocenters. The van der Waals surface area contributed by atoms with E-state index in [2.05, 4.69) is 16.1 Å². The van der Waals surface area contributed by atoms with Crippen LogP contribution in [0.1, 0.15) is 6.42 Å². The highest BCUT2D eigenvalue weighted by molar-refractivity contribution is 5.16. The zero-order valence-corrected chi connectivity index (χ0v) is 14.1. The maximum absolute atomic E-state index is 13.4. The molecular weight excluding hydrogens is 473 g/mol. The summed E-state index contributed by atoms with van der Waals surface area (Å²) in [6, 6.07) is 0. The van der Waals surface area contributed by atoms with Crippen molar-refractivity contribution in [3.8, 4) is 0 Å². The van der Waals surface area contributed by atoms with Crippen LogP contribution in [0.25, 0.3) is 0 Å². The summed E-state index contributed by atoms with van der Waals surface area (Å²) in [5.41, 5.74) is -8.28. The van der Waals surface area contributed by atoms with Crippen LogP contribution in [0.3, 0.4) is 0 Å². The second-order valence-electron chi connectivity index (χ2n) is 5.48. The van der Waals surface area contributed by atoms with Gasteiger partial charge in [0, 0.05) is 6.42 Å². The van der Waals surface area contributed by atoms with Gasteiger partial charge in [-0.05, 0) is 0 Å². The number of ether oxygens (including phenoxy) is 2. The zero-order chi connectivity index (χ0) is 24.4. The average molecular weight is 484 g/mol. The third kappa shape index (κ3) is 4.54. The largest absolute Gasteiger partial charge is 0.499 e. The molecule has 0 saturated heterocycles. The Kier molecular flexibility index (Phi) is 8.09. The summed E-state index contributed by atoms with van der Waals surface area (Å²) in [7, 11) is 0. The number of alkyl halides is 15. The number of halogens is 15. The van der Waals surface area contributed by atoms with Gasteiger partial charge >= 0.3 is 41.7 Å². The fraction of sp³-hybridized carbons (Fsp3) is 0.846. The van der Waals surface area contributed by atoms with Gasteiger partial charge < -0.3 is 9.47 Å². The first-order valence-electron chi connectivity index (χ1n) is 7.20. The van der Waals surface area contributed by atoms with E-state index in [1.807, 2.05) is 0 Å². The molecule has 0 saturated carbocycles. The molecule has 0 aliphatic rings. The predicted molar refractivity (Wildman–Crippen MR) is 67.3 cm³/mol. The maximum atomic E-state index is 13.4. The zero-order valence-electron chi connectivity index (χ0n) is 14.1. The van der Waals surface area contributed by atoms with Crippen LogP contribution in [0.5, 0.6) is 0 Å². The number of rotatable bonds is 11. The Bertz CT molecular complexity index is 564. The molecule has 0 aromatic carbocycles. The molecule has 0 N–H and O–H groups in total. The molecule has 30 heavy (non-hydrogen) atoms. The van der Waals surface area contributed by atoms with Crippen LogP contribution in [0.4, 0.5) is 65.9 Å². The van der Waals surface area contributed by atoms with Crippen LogP contribution in [-0.4, -0.2) is 61.5 Å². The molecule has 0 aromatic heterocycles. The van der Waals surface area contributed by atoms with Crippen LogP contribution in [0, 0.1) is 0 Å². The van der Waals surface area contributed by atoms with E-state index in [4.69, 9.17) is 0 Å². The fourth-order valence-corrected chi connectivity index (χ4v) is 1.81. The molecule has 2 nitrogen and oxygen atoms in total. The molecule has 0 fully saturated rings. The molecule has 0 atom stereocenters. The van der Waals surface area contributed by atoms with Gasteiger partial charge in [-0.15, -0.1) is 0 Å². The first-order valence-corrected chi connectivity index (χ1v) is 7.20. The van der Waals surface area contributed by atoms with Crippen molar-refractivity contribution in [2.45, 2.75) is 48.1 Å². The molecular formula is C13H11F15O2. The molecule has 0 aliphatic carbocycles. The van der Waals surface area contributed by atoms with E-state index < -0.39 is 68.0 Å². The Morgan fingerprint density at radius 1 is 0.567 bits per heavy atom. The SMILES string of the molecule is C=COCCOCCC(F)(F)C(F)(F)C(F)(F)C(F)(F)C(F)(C(F)(F)F)C(F)(F)F. The topological polar surface area (TPSA) is 18.5 Å². The van der Waals surface area contributed by atoms with Crippen molar-refractivity contribution in [1.82, 2.24) is 0 Å². The Morgan fingerprint density at radius 2 is 1.00 bits per heavy atom. The van der Waals surface area contributed by atoms with Crippen molar-refractivity contribution in [3.05, 3.63) is 12.8 Å². The molecule has 180 valence electrons. The minimum absolute atomic E-state index is 0.429. The van der Waals surface area contributed by atoms with E-state index in [0.29, 0.717) is 0 Å². The van der Waals surface area contributed by atoms with E-state index >= 15 is 0 Å². The highest BCUT2D eigenvalue weighted by Gasteiger charge is 2.95. The number of hydrogen-bond acceptors (Lipinski definition) is 2. The molecule has 0 bridgehead atoms. The summed E-state index contributed by atoms with van der Waals surface area (Å²) in [6.07, 6.45) is -17.6. The van der Waals surface area contributed by atoms with Crippen molar-refractivity contribution in [2.75, 3.05) is 19.8 Å². The summed E-state index contributed by atoms with van der Waals surface area (Å²) >= 11 is 0. The molecule has 17 heteroatoms. The molecule has 0 heterocycles. The smallest absolute Gasteiger partial charge is 0.438 e. The quantitative estimate of drug-likeness (QED) is 0.206. The highest BCUT2D eigenvalue weighted by Crippen LogP contribution is 2.64. The number of hydrogen-bond donors (Lipinski definition) is 0. The summed E-state index contributed by atoms with van der Waals surface area (Å²) in [6.45, 7) is 0.333. The molecule has 0 aliphatic heterocycles. The van der Waals surface area contributed by atoms with E-state index in [9.17, 15) is 65.9 Å². The van der Waals surface area contributed by atoms with Crippen molar-refractivity contribution >= 4 is 0 Å². The minimum Gasteiger partial charge on any atom is -0.499 e. The molecule has 0 aromatic rings. The fourth-order valence-electron chi connectivity index (χ4n) is 1.81. The standard InChI is InChI=1S/C13H11F15O2/c1-2-29-5-6-30-4-3-7(14,15)9(17,18)11(21,22)10(19,20)8(16,12(23,24)25)13(26,27)28/h2H,1,3-6H2. The van der Waals surface area contributed by atoms with Gasteiger partial charge in [-0.2, -0.15) is 61.5 Å². The lowest BCUT2D eigenvalue weighted by atomic mass is 9.85. The van der Waals surface area contributed by atoms with Crippen molar-refractivity contribution in [3.63, 3.8) is 0 Å². The van der Waals surface area contributed by atoms with Crippen molar-refractivity contribution in [1.29, 1.82) is 0 Å². The summed E-state index contributed by atoms with van der Waals surface area (Å²) in [4.78, 5) is 0. The average Bonchev–Trinajstić information content (AvgIpc) is 2.54. The van der Waals surface area contributed by atoms with Crippen LogP contribution >= 0.6 is 0 Å². The van der Waals surface area contributed by atoms with E-state index in [-0.39, 0.29) is 0 Å². The van der Waals surface area contributed by atoms with Crippen molar-refractivity contribution in [2.24, 2.45) is 0 Å². The summed E-state index contributed by atoms with van der Waals surface area (Å²) in [5.74, 6) is -30.5. The second-order valence-corrected chi connectivity index (χ2v) is 5.48. The Hall–Kier alpha value is -1.55. The van der Waals surface area contributed by atoms with Crippen LogP contribution < -0.4 is 0 Å². The van der Waals surface area contributed by atoms with Gasteiger partial charge in [0.2, 0.25) is 0 Å². The lowest BCUT2D eigenvalue weighted by Gasteiger charge is -2.43. The van der Waals surface area contributed by atoms with Gasteiger partial charge in [0.1, 0.15) is 6.61 Å². The monoisotopic (exact) mass is 484 g/mol. The third-order valence-corrected chi connectivity index (χ3v) is 3.49. The van der Waals surface area contributed by atoms with E-state index in [1.54, 1.807) is 0 Å². The van der Waals surface area contributed by atoms with Crippen LogP contribution in [-0.2, 0) is 9.47 Å². The normalized spacial score (nSPS) is 15.3. The lowest BCUT2D eigenvalue weighted by molar-refractivity contribution is -0.457. The highest BCUT2D eigenvalue weighted by atomic mass is 19.4. The van der Waals surface area contributed by atoms with Gasteiger partial charge in [-0.1, -0.05) is 6.58 Å². The third-order valence-electron chi connectivity index (χ3n) is 3.49. The predicted octanol–water partition coefficient (Wildman–Crippen LogP) is 5.93. The lowest BCUT2D eigenvalue weighted by Crippen LogP contribution is -2.75. The first kappa shape index (κ1) is 28.5. The molecule has 0 spiro atoms. The van der Waals surface area contributed by atoms with Gasteiger partial charge in [-0.25, -0.2) is 4.39 Å². The van der Waals surface area contributed by atoms with Gasteiger partial charge in [0.05, 0.1) is 19.5 Å². The Balaban J connectivity index is 6.01. The van der Waals surface area contributed by atoms with E-state index in [0.717, 1.165) is 6.26 Å². The Morgan fingerprint density at radius 3 is 1.37 bits per heavy atom. The maximum Gasteiger partial charge on any atom is 0.438 e. The summed E-state index contributed by atoms with van der Waals surface area (Å²) in [5, 5.41) is 0. The van der Waals surface area contributed by atoms with Crippen LogP contribution in [0.2, 0.25) is 0 Å². The van der Waals surface area contributed by atoms with Crippen LogP contribution in [0.15, 0.2) is 12.8 Å². The second kappa shape index (κ2) is 8.53. The Labute approximate surface area is 157 Å². The molecule has 0 radical (unpaired) electrons. The minimum atomic E-state index is -8.40. The van der Waals surface area contributed by atoms with Gasteiger partial charge in [-0.3, -0.25) is 0 Å². The molecule has 0 rings (SSSR count). The van der Waals surface area contributed by atoms with Crippen molar-refractivity contribution < 1.29 is 75.3 Å².